The van der Waals surface area contributed by atoms with Gasteiger partial charge in [0.25, 0.3) is 0 Å². The summed E-state index contributed by atoms with van der Waals surface area (Å²) in [5.74, 6) is 0. The first-order valence-corrected chi connectivity index (χ1v) is 6.40. The Bertz CT molecular complexity index is 189. The Morgan fingerprint density at radius 3 is 3.00 bits per heavy atom. The minimum absolute atomic E-state index is 0.258. The third-order valence-corrected chi connectivity index (χ3v) is 3.14. The third kappa shape index (κ3) is 4.01. The molecule has 0 aromatic carbocycles. The summed E-state index contributed by atoms with van der Waals surface area (Å²) in [5.41, 5.74) is 0. The first-order chi connectivity index (χ1) is 7.84. The summed E-state index contributed by atoms with van der Waals surface area (Å²) in [4.78, 5) is 0. The van der Waals surface area contributed by atoms with Crippen LogP contribution in [0.25, 0.3) is 0 Å². The van der Waals surface area contributed by atoms with Crippen LogP contribution in [0.4, 0.5) is 0 Å². The molecule has 1 N–H and O–H groups in total. The van der Waals surface area contributed by atoms with E-state index < -0.39 is 0 Å². The quantitative estimate of drug-likeness (QED) is 0.736. The van der Waals surface area contributed by atoms with Crippen LogP contribution in [-0.4, -0.2) is 51.2 Å². The zero-order valence-electron chi connectivity index (χ0n) is 10.1. The molecule has 2 aliphatic rings. The van der Waals surface area contributed by atoms with Gasteiger partial charge in [0.2, 0.25) is 0 Å². The summed E-state index contributed by atoms with van der Waals surface area (Å²) < 4.78 is 16.7. The van der Waals surface area contributed by atoms with Crippen molar-refractivity contribution in [3.05, 3.63) is 0 Å². The zero-order valence-corrected chi connectivity index (χ0v) is 10.1. The van der Waals surface area contributed by atoms with Gasteiger partial charge in [0.05, 0.1) is 24.9 Å². The summed E-state index contributed by atoms with van der Waals surface area (Å²) in [6.45, 7) is 6.50. The molecule has 94 valence electrons. The van der Waals surface area contributed by atoms with Gasteiger partial charge in [-0.1, -0.05) is 0 Å². The van der Waals surface area contributed by atoms with Crippen LogP contribution in [-0.2, 0) is 14.2 Å². The van der Waals surface area contributed by atoms with E-state index in [-0.39, 0.29) is 6.10 Å². The summed E-state index contributed by atoms with van der Waals surface area (Å²) in [6.07, 6.45) is 4.42. The molecule has 0 saturated carbocycles. The van der Waals surface area contributed by atoms with Crippen molar-refractivity contribution >= 4 is 0 Å². The molecular weight excluding hydrogens is 206 g/mol. The molecule has 0 amide bonds. The summed E-state index contributed by atoms with van der Waals surface area (Å²) in [6, 6.07) is 0. The molecule has 4 heteroatoms. The smallest absolute Gasteiger partial charge is 0.0834 e. The van der Waals surface area contributed by atoms with Crippen LogP contribution in [0.1, 0.15) is 26.2 Å². The van der Waals surface area contributed by atoms with E-state index in [9.17, 15) is 0 Å². The minimum Gasteiger partial charge on any atom is -0.379 e. The van der Waals surface area contributed by atoms with Gasteiger partial charge in [-0.3, -0.25) is 0 Å². The maximum Gasteiger partial charge on any atom is 0.0834 e. The molecule has 0 aromatic rings. The van der Waals surface area contributed by atoms with Crippen LogP contribution in [0.3, 0.4) is 0 Å². The maximum atomic E-state index is 5.85. The Balaban J connectivity index is 1.51. The largest absolute Gasteiger partial charge is 0.379 e. The first kappa shape index (κ1) is 12.3. The molecule has 16 heavy (non-hydrogen) atoms. The number of ether oxygens (including phenoxy) is 3. The molecule has 2 saturated heterocycles. The molecule has 0 aromatic heterocycles. The summed E-state index contributed by atoms with van der Waals surface area (Å²) >= 11 is 0. The SMILES string of the molecule is CC(CNCC1CCCO1)OC1CCOC1. The van der Waals surface area contributed by atoms with Gasteiger partial charge in [0.15, 0.2) is 0 Å². The molecule has 2 fully saturated rings. The van der Waals surface area contributed by atoms with Crippen molar-refractivity contribution in [1.82, 2.24) is 5.32 Å². The second kappa shape index (κ2) is 6.55. The maximum absolute atomic E-state index is 5.85. The molecule has 0 aliphatic carbocycles. The predicted molar refractivity (Wildman–Crippen MR) is 61.6 cm³/mol. The molecule has 3 atom stereocenters. The fraction of sp³-hybridized carbons (Fsp3) is 1.00. The average molecular weight is 229 g/mol. The zero-order chi connectivity index (χ0) is 11.2. The van der Waals surface area contributed by atoms with E-state index in [1.54, 1.807) is 0 Å². The van der Waals surface area contributed by atoms with Crippen LogP contribution < -0.4 is 5.32 Å². The lowest BCUT2D eigenvalue weighted by Gasteiger charge is -2.19. The van der Waals surface area contributed by atoms with Crippen molar-refractivity contribution in [3.63, 3.8) is 0 Å². The molecule has 0 spiro atoms. The van der Waals surface area contributed by atoms with Crippen LogP contribution in [0.2, 0.25) is 0 Å². The van der Waals surface area contributed by atoms with Gasteiger partial charge in [0.1, 0.15) is 0 Å². The lowest BCUT2D eigenvalue weighted by atomic mass is 10.2. The van der Waals surface area contributed by atoms with Crippen LogP contribution in [0.15, 0.2) is 0 Å². The molecule has 2 heterocycles. The number of hydrogen-bond acceptors (Lipinski definition) is 4. The Morgan fingerprint density at radius 2 is 2.31 bits per heavy atom. The van der Waals surface area contributed by atoms with E-state index in [0.29, 0.717) is 12.2 Å². The normalized spacial score (nSPS) is 32.1. The van der Waals surface area contributed by atoms with Gasteiger partial charge in [-0.2, -0.15) is 0 Å². The fourth-order valence-corrected chi connectivity index (χ4v) is 2.25. The van der Waals surface area contributed by atoms with E-state index in [2.05, 4.69) is 12.2 Å². The van der Waals surface area contributed by atoms with E-state index >= 15 is 0 Å². The Kier molecular flexibility index (Phi) is 5.03. The van der Waals surface area contributed by atoms with Crippen molar-refractivity contribution < 1.29 is 14.2 Å². The standard InChI is InChI=1S/C12H23NO3/c1-10(16-12-4-6-14-9-12)7-13-8-11-3-2-5-15-11/h10-13H,2-9H2,1H3. The third-order valence-electron chi connectivity index (χ3n) is 3.14. The Morgan fingerprint density at radius 1 is 1.38 bits per heavy atom. The first-order valence-electron chi connectivity index (χ1n) is 6.40. The lowest BCUT2D eigenvalue weighted by molar-refractivity contribution is -0.00693. The predicted octanol–water partition coefficient (Wildman–Crippen LogP) is 0.949. The molecule has 2 aliphatic heterocycles. The highest BCUT2D eigenvalue weighted by Gasteiger charge is 2.19. The van der Waals surface area contributed by atoms with Crippen LogP contribution in [0.5, 0.6) is 0 Å². The highest BCUT2D eigenvalue weighted by Crippen LogP contribution is 2.12. The highest BCUT2D eigenvalue weighted by atomic mass is 16.5. The molecular formula is C12H23NO3. The summed E-state index contributed by atoms with van der Waals surface area (Å²) in [5, 5.41) is 3.41. The van der Waals surface area contributed by atoms with Gasteiger partial charge in [0, 0.05) is 26.3 Å². The van der Waals surface area contributed by atoms with Crippen molar-refractivity contribution in [2.45, 2.75) is 44.5 Å². The van der Waals surface area contributed by atoms with E-state index in [1.165, 1.54) is 12.8 Å². The number of rotatable bonds is 6. The molecule has 0 bridgehead atoms. The topological polar surface area (TPSA) is 39.7 Å². The second-order valence-electron chi connectivity index (χ2n) is 4.73. The van der Waals surface area contributed by atoms with Crippen LogP contribution >= 0.6 is 0 Å². The number of hydrogen-bond donors (Lipinski definition) is 1. The molecule has 0 radical (unpaired) electrons. The van der Waals surface area contributed by atoms with Crippen molar-refractivity contribution in [3.8, 4) is 0 Å². The fourth-order valence-electron chi connectivity index (χ4n) is 2.25. The molecule has 4 nitrogen and oxygen atoms in total. The Labute approximate surface area is 97.6 Å². The molecule has 2 rings (SSSR count). The van der Waals surface area contributed by atoms with Crippen molar-refractivity contribution in [2.24, 2.45) is 0 Å². The van der Waals surface area contributed by atoms with Gasteiger partial charge in [-0.25, -0.2) is 0 Å². The van der Waals surface area contributed by atoms with E-state index in [1.807, 2.05) is 0 Å². The van der Waals surface area contributed by atoms with E-state index in [0.717, 1.165) is 39.3 Å². The van der Waals surface area contributed by atoms with E-state index in [4.69, 9.17) is 14.2 Å². The van der Waals surface area contributed by atoms with Gasteiger partial charge in [-0.15, -0.1) is 0 Å². The monoisotopic (exact) mass is 229 g/mol. The average Bonchev–Trinajstić information content (AvgIpc) is 2.90. The van der Waals surface area contributed by atoms with Gasteiger partial charge < -0.3 is 19.5 Å². The van der Waals surface area contributed by atoms with Gasteiger partial charge >= 0.3 is 0 Å². The van der Waals surface area contributed by atoms with Crippen LogP contribution in [0, 0.1) is 0 Å². The van der Waals surface area contributed by atoms with Gasteiger partial charge in [-0.05, 0) is 26.2 Å². The minimum atomic E-state index is 0.258. The van der Waals surface area contributed by atoms with Crippen molar-refractivity contribution in [1.29, 1.82) is 0 Å². The lowest BCUT2D eigenvalue weighted by Crippen LogP contribution is -2.34. The van der Waals surface area contributed by atoms with Crippen molar-refractivity contribution in [2.75, 3.05) is 32.9 Å². The highest BCUT2D eigenvalue weighted by molar-refractivity contribution is 4.70. The summed E-state index contributed by atoms with van der Waals surface area (Å²) in [7, 11) is 0. The molecule has 3 unspecified atom stereocenters. The second-order valence-corrected chi connectivity index (χ2v) is 4.73. The number of nitrogens with one attached hydrogen (secondary N) is 1. The Hall–Kier alpha value is -0.160.